The van der Waals surface area contributed by atoms with Crippen LogP contribution in [-0.4, -0.2) is 25.3 Å². The number of carboxylic acid groups (broad SMARTS) is 1. The molecule has 1 N–H and O–H groups in total. The topological polar surface area (TPSA) is 55.8 Å². The summed E-state index contributed by atoms with van der Waals surface area (Å²) in [6, 6.07) is 12.2. The molecule has 2 aromatic rings. The highest BCUT2D eigenvalue weighted by atomic mass is 35.5. The summed E-state index contributed by atoms with van der Waals surface area (Å²) in [6.45, 7) is 0. The van der Waals surface area contributed by atoms with Crippen LogP contribution >= 0.6 is 11.6 Å². The van der Waals surface area contributed by atoms with Crippen LogP contribution in [0.15, 0.2) is 42.5 Å². The molecule has 22 heavy (non-hydrogen) atoms. The molecule has 5 heteroatoms. The zero-order valence-electron chi connectivity index (χ0n) is 12.4. The number of hydrogen-bond acceptors (Lipinski definition) is 3. The molecule has 0 bridgehead atoms. The lowest BCUT2D eigenvalue weighted by atomic mass is 9.91. The Morgan fingerprint density at radius 3 is 2.36 bits per heavy atom. The van der Waals surface area contributed by atoms with E-state index in [0.29, 0.717) is 28.5 Å². The van der Waals surface area contributed by atoms with Gasteiger partial charge in [0.05, 0.1) is 20.1 Å². The van der Waals surface area contributed by atoms with E-state index in [1.807, 2.05) is 0 Å². The maximum atomic E-state index is 11.6. The number of rotatable bonds is 6. The molecule has 0 aromatic heterocycles. The van der Waals surface area contributed by atoms with E-state index in [0.717, 1.165) is 5.56 Å². The van der Waals surface area contributed by atoms with Crippen molar-refractivity contribution < 1.29 is 19.4 Å². The highest BCUT2D eigenvalue weighted by Gasteiger charge is 2.22. The summed E-state index contributed by atoms with van der Waals surface area (Å²) in [6.07, 6.45) is 0.303. The van der Waals surface area contributed by atoms with E-state index in [4.69, 9.17) is 21.1 Å². The quantitative estimate of drug-likeness (QED) is 0.880. The SMILES string of the molecule is COc1ccc(OC)c(CC(C(=O)O)c2ccc(Cl)cc2)c1. The number of halogens is 1. The summed E-state index contributed by atoms with van der Waals surface area (Å²) in [7, 11) is 3.13. The summed E-state index contributed by atoms with van der Waals surface area (Å²) in [5.74, 6) is -0.275. The fraction of sp³-hybridized carbons (Fsp3) is 0.235. The molecule has 0 aliphatic heterocycles. The largest absolute Gasteiger partial charge is 0.497 e. The van der Waals surface area contributed by atoms with Crippen molar-refractivity contribution in [3.8, 4) is 11.5 Å². The molecule has 0 heterocycles. The minimum atomic E-state index is -0.896. The molecule has 0 aliphatic carbocycles. The molecule has 0 saturated carbocycles. The number of methoxy groups -OCH3 is 2. The van der Waals surface area contributed by atoms with Crippen molar-refractivity contribution >= 4 is 17.6 Å². The molecule has 2 aromatic carbocycles. The number of hydrogen-bond donors (Lipinski definition) is 1. The number of ether oxygens (including phenoxy) is 2. The van der Waals surface area contributed by atoms with Crippen LogP contribution in [0.2, 0.25) is 5.02 Å². The average Bonchev–Trinajstić information content (AvgIpc) is 2.53. The molecule has 0 aliphatic rings. The molecule has 1 unspecified atom stereocenters. The van der Waals surface area contributed by atoms with Gasteiger partial charge in [-0.15, -0.1) is 0 Å². The van der Waals surface area contributed by atoms with Crippen LogP contribution in [0.3, 0.4) is 0 Å². The molecular formula is C17H17ClO4. The monoisotopic (exact) mass is 320 g/mol. The van der Waals surface area contributed by atoms with E-state index < -0.39 is 11.9 Å². The maximum Gasteiger partial charge on any atom is 0.311 e. The van der Waals surface area contributed by atoms with Crippen molar-refractivity contribution in [3.05, 3.63) is 58.6 Å². The Morgan fingerprint density at radius 1 is 1.14 bits per heavy atom. The van der Waals surface area contributed by atoms with E-state index in [1.165, 1.54) is 0 Å². The Balaban J connectivity index is 2.35. The van der Waals surface area contributed by atoms with Gasteiger partial charge in [0.25, 0.3) is 0 Å². The second kappa shape index (κ2) is 7.18. The predicted octanol–water partition coefficient (Wildman–Crippen LogP) is 3.77. The van der Waals surface area contributed by atoms with Crippen molar-refractivity contribution in [2.45, 2.75) is 12.3 Å². The Morgan fingerprint density at radius 2 is 1.82 bits per heavy atom. The fourth-order valence-corrected chi connectivity index (χ4v) is 2.43. The van der Waals surface area contributed by atoms with Crippen molar-refractivity contribution in [3.63, 3.8) is 0 Å². The number of carbonyl (C=O) groups is 1. The van der Waals surface area contributed by atoms with E-state index >= 15 is 0 Å². The third-order valence-corrected chi connectivity index (χ3v) is 3.73. The molecular weight excluding hydrogens is 304 g/mol. The molecule has 0 amide bonds. The second-order valence-corrected chi connectivity index (χ2v) is 5.26. The van der Waals surface area contributed by atoms with Gasteiger partial charge in [-0.1, -0.05) is 23.7 Å². The van der Waals surface area contributed by atoms with Gasteiger partial charge in [-0.2, -0.15) is 0 Å². The Kier molecular flexibility index (Phi) is 5.28. The molecule has 0 fully saturated rings. The van der Waals surface area contributed by atoms with Gasteiger partial charge in [0.2, 0.25) is 0 Å². The lowest BCUT2D eigenvalue weighted by Gasteiger charge is -2.16. The van der Waals surface area contributed by atoms with Crippen LogP contribution in [0.4, 0.5) is 0 Å². The molecule has 4 nitrogen and oxygen atoms in total. The van der Waals surface area contributed by atoms with Gasteiger partial charge in [0.15, 0.2) is 0 Å². The zero-order valence-corrected chi connectivity index (χ0v) is 13.1. The van der Waals surface area contributed by atoms with Gasteiger partial charge in [0.1, 0.15) is 11.5 Å². The molecule has 0 spiro atoms. The van der Waals surface area contributed by atoms with Crippen molar-refractivity contribution in [2.75, 3.05) is 14.2 Å². The smallest absolute Gasteiger partial charge is 0.311 e. The zero-order chi connectivity index (χ0) is 16.1. The number of aliphatic carboxylic acids is 1. The van der Waals surface area contributed by atoms with Crippen molar-refractivity contribution in [2.24, 2.45) is 0 Å². The van der Waals surface area contributed by atoms with Crippen LogP contribution in [0.25, 0.3) is 0 Å². The van der Waals surface area contributed by atoms with E-state index in [1.54, 1.807) is 56.7 Å². The van der Waals surface area contributed by atoms with Crippen LogP contribution < -0.4 is 9.47 Å². The predicted molar refractivity (Wildman–Crippen MR) is 85.1 cm³/mol. The highest BCUT2D eigenvalue weighted by molar-refractivity contribution is 6.30. The Labute approximate surface area is 134 Å². The van der Waals surface area contributed by atoms with Crippen molar-refractivity contribution in [1.29, 1.82) is 0 Å². The first-order valence-corrected chi connectivity index (χ1v) is 7.12. The summed E-state index contributed by atoms with van der Waals surface area (Å²) in [5, 5.41) is 10.1. The van der Waals surface area contributed by atoms with Crippen LogP contribution in [-0.2, 0) is 11.2 Å². The van der Waals surface area contributed by atoms with Crippen LogP contribution in [0, 0.1) is 0 Å². The summed E-state index contributed by atoms with van der Waals surface area (Å²) < 4.78 is 10.5. The van der Waals surface area contributed by atoms with Crippen LogP contribution in [0.1, 0.15) is 17.0 Å². The van der Waals surface area contributed by atoms with Gasteiger partial charge >= 0.3 is 5.97 Å². The Hall–Kier alpha value is -2.20. The average molecular weight is 321 g/mol. The summed E-state index contributed by atoms with van der Waals surface area (Å²) in [4.78, 5) is 11.6. The second-order valence-electron chi connectivity index (χ2n) is 4.82. The Bertz CT molecular complexity index is 652. The third kappa shape index (κ3) is 3.71. The first kappa shape index (κ1) is 16.2. The van der Waals surface area contributed by atoms with E-state index in [2.05, 4.69) is 0 Å². The third-order valence-electron chi connectivity index (χ3n) is 3.48. The van der Waals surface area contributed by atoms with Crippen molar-refractivity contribution in [1.82, 2.24) is 0 Å². The standard InChI is InChI=1S/C17H17ClO4/c1-21-14-7-8-16(22-2)12(9-14)10-15(17(19)20)11-3-5-13(18)6-4-11/h3-9,15H,10H2,1-2H3,(H,19,20). The minimum absolute atomic E-state index is 0.303. The highest BCUT2D eigenvalue weighted by Crippen LogP contribution is 2.30. The van der Waals surface area contributed by atoms with Gasteiger partial charge in [-0.3, -0.25) is 4.79 Å². The fourth-order valence-electron chi connectivity index (χ4n) is 2.30. The van der Waals surface area contributed by atoms with Gasteiger partial charge in [-0.05, 0) is 47.9 Å². The minimum Gasteiger partial charge on any atom is -0.497 e. The lowest BCUT2D eigenvalue weighted by Crippen LogP contribution is -2.15. The first-order valence-electron chi connectivity index (χ1n) is 6.74. The maximum absolute atomic E-state index is 11.6. The summed E-state index contributed by atoms with van der Waals surface area (Å²) >= 11 is 5.86. The molecule has 2 rings (SSSR count). The van der Waals surface area contributed by atoms with E-state index in [-0.39, 0.29) is 0 Å². The summed E-state index contributed by atoms with van der Waals surface area (Å²) in [5.41, 5.74) is 1.48. The molecule has 116 valence electrons. The molecule has 1 atom stereocenters. The van der Waals surface area contributed by atoms with Gasteiger partial charge < -0.3 is 14.6 Å². The normalized spacial score (nSPS) is 11.8. The molecule has 0 saturated heterocycles. The molecule has 0 radical (unpaired) electrons. The van der Waals surface area contributed by atoms with Crippen LogP contribution in [0.5, 0.6) is 11.5 Å². The first-order chi connectivity index (χ1) is 10.5. The number of carboxylic acids is 1. The van der Waals surface area contributed by atoms with Gasteiger partial charge in [-0.25, -0.2) is 0 Å². The van der Waals surface area contributed by atoms with E-state index in [9.17, 15) is 9.90 Å². The number of benzene rings is 2. The lowest BCUT2D eigenvalue weighted by molar-refractivity contribution is -0.138. The van der Waals surface area contributed by atoms with Gasteiger partial charge in [0, 0.05) is 5.02 Å².